The fourth-order valence-electron chi connectivity index (χ4n) is 1.16. The lowest BCUT2D eigenvalue weighted by Crippen LogP contribution is -2.24. The molecule has 0 heterocycles. The van der Waals surface area contributed by atoms with Gasteiger partial charge in [0, 0.05) is 0 Å². The van der Waals surface area contributed by atoms with Crippen LogP contribution in [0.25, 0.3) is 0 Å². The van der Waals surface area contributed by atoms with Crippen molar-refractivity contribution in [3.63, 3.8) is 0 Å². The van der Waals surface area contributed by atoms with Crippen LogP contribution in [0.15, 0.2) is 24.3 Å². The number of carbonyl (C=O) groups is 1. The van der Waals surface area contributed by atoms with Gasteiger partial charge in [-0.15, -0.1) is 0 Å². The number of carbonyl (C=O) groups excluding carboxylic acids is 1. The zero-order valence-corrected chi connectivity index (χ0v) is 9.76. The van der Waals surface area contributed by atoms with Crippen LogP contribution in [0.1, 0.15) is 36.7 Å². The fourth-order valence-corrected chi connectivity index (χ4v) is 1.16. The summed E-state index contributed by atoms with van der Waals surface area (Å²) < 4.78 is 42.2. The second-order valence-electron chi connectivity index (χ2n) is 4.58. The van der Waals surface area contributed by atoms with Crippen molar-refractivity contribution >= 4 is 5.97 Å². The van der Waals surface area contributed by atoms with Crippen molar-refractivity contribution in [3.8, 4) is 0 Å². The van der Waals surface area contributed by atoms with E-state index in [9.17, 15) is 18.0 Å². The van der Waals surface area contributed by atoms with E-state index in [1.54, 1.807) is 20.8 Å². The highest BCUT2D eigenvalue weighted by Gasteiger charge is 2.31. The highest BCUT2D eigenvalue weighted by atomic mass is 19.4. The van der Waals surface area contributed by atoms with Crippen molar-refractivity contribution in [2.75, 3.05) is 0 Å². The summed E-state index contributed by atoms with van der Waals surface area (Å²) in [4.78, 5) is 11.5. The number of hydrogen-bond donors (Lipinski definition) is 0. The molecule has 0 saturated carbocycles. The number of alkyl halides is 3. The Morgan fingerprint density at radius 1 is 1.18 bits per heavy atom. The van der Waals surface area contributed by atoms with Gasteiger partial charge in [-0.1, -0.05) is 6.07 Å². The SMILES string of the molecule is CC(C)(C)OC(=O)c1cccc(C(F)(F)F)c1. The highest BCUT2D eigenvalue weighted by Crippen LogP contribution is 2.29. The number of benzene rings is 1. The van der Waals surface area contributed by atoms with Crippen LogP contribution in [-0.4, -0.2) is 11.6 Å². The summed E-state index contributed by atoms with van der Waals surface area (Å²) in [6.07, 6.45) is -4.46. The average Bonchev–Trinajstić information content (AvgIpc) is 2.14. The summed E-state index contributed by atoms with van der Waals surface area (Å²) >= 11 is 0. The van der Waals surface area contributed by atoms with Crippen molar-refractivity contribution in [3.05, 3.63) is 35.4 Å². The maximum Gasteiger partial charge on any atom is 0.416 e. The lowest BCUT2D eigenvalue weighted by atomic mass is 10.1. The van der Waals surface area contributed by atoms with Gasteiger partial charge in [0.15, 0.2) is 0 Å². The first-order valence-electron chi connectivity index (χ1n) is 5.00. The second kappa shape index (κ2) is 4.39. The third kappa shape index (κ3) is 4.09. The second-order valence-corrected chi connectivity index (χ2v) is 4.58. The Hall–Kier alpha value is -1.52. The maximum absolute atomic E-state index is 12.4. The molecule has 5 heteroatoms. The van der Waals surface area contributed by atoms with E-state index in [-0.39, 0.29) is 5.56 Å². The van der Waals surface area contributed by atoms with Gasteiger partial charge in [-0.25, -0.2) is 4.79 Å². The molecule has 0 bridgehead atoms. The molecule has 17 heavy (non-hydrogen) atoms. The molecule has 1 aromatic rings. The van der Waals surface area contributed by atoms with Crippen LogP contribution in [0.2, 0.25) is 0 Å². The van der Waals surface area contributed by atoms with Gasteiger partial charge in [0.05, 0.1) is 11.1 Å². The maximum atomic E-state index is 12.4. The van der Waals surface area contributed by atoms with Crippen LogP contribution in [0.4, 0.5) is 13.2 Å². The number of hydrogen-bond acceptors (Lipinski definition) is 2. The van der Waals surface area contributed by atoms with Crippen LogP contribution < -0.4 is 0 Å². The van der Waals surface area contributed by atoms with Gasteiger partial charge >= 0.3 is 12.1 Å². The van der Waals surface area contributed by atoms with E-state index in [0.717, 1.165) is 12.1 Å². The van der Waals surface area contributed by atoms with E-state index in [0.29, 0.717) is 0 Å². The Morgan fingerprint density at radius 2 is 1.76 bits per heavy atom. The zero-order valence-electron chi connectivity index (χ0n) is 9.76. The number of halogens is 3. The molecule has 0 N–H and O–H groups in total. The molecule has 0 aromatic heterocycles. The Morgan fingerprint density at radius 3 is 2.24 bits per heavy atom. The number of rotatable bonds is 1. The molecule has 0 saturated heterocycles. The van der Waals surface area contributed by atoms with Crippen LogP contribution in [-0.2, 0) is 10.9 Å². The standard InChI is InChI=1S/C12H13F3O2/c1-11(2,3)17-10(16)8-5-4-6-9(7-8)12(13,14)15/h4-7H,1-3H3. The van der Waals surface area contributed by atoms with Crippen LogP contribution in [0.5, 0.6) is 0 Å². The Kier molecular flexibility index (Phi) is 3.50. The summed E-state index contributed by atoms with van der Waals surface area (Å²) in [6, 6.07) is 4.17. The number of ether oxygens (including phenoxy) is 1. The molecular formula is C12H13F3O2. The molecule has 94 valence electrons. The predicted octanol–water partition coefficient (Wildman–Crippen LogP) is 3.66. The summed E-state index contributed by atoms with van der Waals surface area (Å²) in [5, 5.41) is 0. The van der Waals surface area contributed by atoms with Crippen LogP contribution in [0, 0.1) is 0 Å². The van der Waals surface area contributed by atoms with E-state index in [2.05, 4.69) is 0 Å². The molecule has 0 radical (unpaired) electrons. The molecule has 1 aromatic carbocycles. The van der Waals surface area contributed by atoms with Gasteiger partial charge < -0.3 is 4.74 Å². The van der Waals surface area contributed by atoms with Crippen molar-refractivity contribution < 1.29 is 22.7 Å². The molecule has 0 aliphatic rings. The first-order chi connectivity index (χ1) is 7.59. The Bertz CT molecular complexity index is 416. The lowest BCUT2D eigenvalue weighted by molar-refractivity contribution is -0.137. The third-order valence-corrected chi connectivity index (χ3v) is 1.82. The first kappa shape index (κ1) is 13.5. The Labute approximate surface area is 97.4 Å². The van der Waals surface area contributed by atoms with Gasteiger partial charge in [-0.05, 0) is 39.0 Å². The predicted molar refractivity (Wildman–Crippen MR) is 56.6 cm³/mol. The molecule has 0 fully saturated rings. The molecule has 0 aliphatic carbocycles. The van der Waals surface area contributed by atoms with E-state index >= 15 is 0 Å². The van der Waals surface area contributed by atoms with Crippen molar-refractivity contribution in [1.29, 1.82) is 0 Å². The smallest absolute Gasteiger partial charge is 0.416 e. The average molecular weight is 246 g/mol. The highest BCUT2D eigenvalue weighted by molar-refractivity contribution is 5.89. The van der Waals surface area contributed by atoms with Gasteiger partial charge in [0.2, 0.25) is 0 Å². The van der Waals surface area contributed by atoms with Gasteiger partial charge in [-0.2, -0.15) is 13.2 Å². The number of esters is 1. The van der Waals surface area contributed by atoms with E-state index in [1.807, 2.05) is 0 Å². The zero-order chi connectivity index (χ0) is 13.3. The van der Waals surface area contributed by atoms with Crippen molar-refractivity contribution in [1.82, 2.24) is 0 Å². The Balaban J connectivity index is 2.97. The van der Waals surface area contributed by atoms with E-state index in [4.69, 9.17) is 4.74 Å². The monoisotopic (exact) mass is 246 g/mol. The van der Waals surface area contributed by atoms with Crippen molar-refractivity contribution in [2.24, 2.45) is 0 Å². The largest absolute Gasteiger partial charge is 0.456 e. The third-order valence-electron chi connectivity index (χ3n) is 1.82. The van der Waals surface area contributed by atoms with Gasteiger partial charge in [0.1, 0.15) is 5.60 Å². The minimum absolute atomic E-state index is 0.102. The molecule has 0 amide bonds. The first-order valence-corrected chi connectivity index (χ1v) is 5.00. The van der Waals surface area contributed by atoms with E-state index < -0.39 is 23.3 Å². The minimum Gasteiger partial charge on any atom is -0.456 e. The summed E-state index contributed by atoms with van der Waals surface area (Å²) in [7, 11) is 0. The minimum atomic E-state index is -4.46. The normalized spacial score (nSPS) is 12.4. The fraction of sp³-hybridized carbons (Fsp3) is 0.417. The lowest BCUT2D eigenvalue weighted by Gasteiger charge is -2.19. The summed E-state index contributed by atoms with van der Waals surface area (Å²) in [5.74, 6) is -0.761. The van der Waals surface area contributed by atoms with Crippen LogP contribution in [0.3, 0.4) is 0 Å². The molecule has 0 spiro atoms. The summed E-state index contributed by atoms with van der Waals surface area (Å²) in [6.45, 7) is 4.95. The van der Waals surface area contributed by atoms with Crippen molar-refractivity contribution in [2.45, 2.75) is 32.5 Å². The quantitative estimate of drug-likeness (QED) is 0.707. The molecule has 0 unspecified atom stereocenters. The van der Waals surface area contributed by atoms with Crippen LogP contribution >= 0.6 is 0 Å². The molecule has 0 aliphatic heterocycles. The summed E-state index contributed by atoms with van der Waals surface area (Å²) in [5.41, 5.74) is -1.69. The molecule has 1 rings (SSSR count). The van der Waals surface area contributed by atoms with Gasteiger partial charge in [-0.3, -0.25) is 0 Å². The molecule has 2 nitrogen and oxygen atoms in total. The topological polar surface area (TPSA) is 26.3 Å². The van der Waals surface area contributed by atoms with E-state index in [1.165, 1.54) is 12.1 Å². The van der Waals surface area contributed by atoms with Gasteiger partial charge in [0.25, 0.3) is 0 Å². The molecule has 0 atom stereocenters. The molecular weight excluding hydrogens is 233 g/mol.